The summed E-state index contributed by atoms with van der Waals surface area (Å²) in [4.78, 5) is 11.2. The van der Waals surface area contributed by atoms with E-state index in [0.717, 1.165) is 24.0 Å². The Morgan fingerprint density at radius 2 is 2.14 bits per heavy atom. The van der Waals surface area contributed by atoms with E-state index in [9.17, 15) is 9.90 Å². The first-order valence-corrected chi connectivity index (χ1v) is 7.43. The SMILES string of the molecule is CCC1(C=Cc2ccccc2C(C)C(=O)O)C=CC=CC1. The van der Waals surface area contributed by atoms with Crippen LogP contribution in [0.5, 0.6) is 0 Å². The van der Waals surface area contributed by atoms with Gasteiger partial charge in [0.1, 0.15) is 0 Å². The van der Waals surface area contributed by atoms with Crippen LogP contribution >= 0.6 is 0 Å². The van der Waals surface area contributed by atoms with Crippen molar-refractivity contribution in [2.75, 3.05) is 0 Å². The number of hydrogen-bond acceptors (Lipinski definition) is 1. The first-order valence-electron chi connectivity index (χ1n) is 7.43. The van der Waals surface area contributed by atoms with E-state index in [1.165, 1.54) is 0 Å². The van der Waals surface area contributed by atoms with Crippen LogP contribution in [-0.4, -0.2) is 11.1 Å². The minimum absolute atomic E-state index is 0.0499. The van der Waals surface area contributed by atoms with E-state index in [1.54, 1.807) is 6.92 Å². The summed E-state index contributed by atoms with van der Waals surface area (Å²) in [6.07, 6.45) is 14.9. The fraction of sp³-hybridized carbons (Fsp3) is 0.316. The third kappa shape index (κ3) is 3.52. The topological polar surface area (TPSA) is 37.3 Å². The monoisotopic (exact) mass is 282 g/mol. The molecule has 0 bridgehead atoms. The molecule has 0 spiro atoms. The van der Waals surface area contributed by atoms with Crippen molar-refractivity contribution in [2.24, 2.45) is 5.41 Å². The maximum absolute atomic E-state index is 11.2. The fourth-order valence-electron chi connectivity index (χ4n) is 2.63. The van der Waals surface area contributed by atoms with E-state index in [4.69, 9.17) is 0 Å². The molecule has 2 nitrogen and oxygen atoms in total. The second kappa shape index (κ2) is 6.57. The average Bonchev–Trinajstić information content (AvgIpc) is 2.53. The summed E-state index contributed by atoms with van der Waals surface area (Å²) < 4.78 is 0. The van der Waals surface area contributed by atoms with Crippen LogP contribution in [0.15, 0.2) is 54.6 Å². The van der Waals surface area contributed by atoms with Crippen LogP contribution in [0.1, 0.15) is 43.7 Å². The van der Waals surface area contributed by atoms with Gasteiger partial charge in [-0.05, 0) is 30.9 Å². The Bertz CT molecular complexity index is 595. The van der Waals surface area contributed by atoms with Crippen LogP contribution in [0.25, 0.3) is 6.08 Å². The summed E-state index contributed by atoms with van der Waals surface area (Å²) in [5.41, 5.74) is 1.90. The molecule has 110 valence electrons. The predicted molar refractivity (Wildman–Crippen MR) is 87.1 cm³/mol. The Morgan fingerprint density at radius 3 is 2.76 bits per heavy atom. The van der Waals surface area contributed by atoms with E-state index in [2.05, 4.69) is 43.4 Å². The summed E-state index contributed by atoms with van der Waals surface area (Å²) >= 11 is 0. The van der Waals surface area contributed by atoms with Gasteiger partial charge in [-0.2, -0.15) is 0 Å². The number of carboxylic acid groups (broad SMARTS) is 1. The highest BCUT2D eigenvalue weighted by Gasteiger charge is 2.22. The molecule has 0 amide bonds. The minimum Gasteiger partial charge on any atom is -0.481 e. The molecule has 0 aromatic heterocycles. The lowest BCUT2D eigenvalue weighted by atomic mass is 9.78. The molecule has 1 aliphatic rings. The molecule has 0 fully saturated rings. The molecule has 0 saturated heterocycles. The van der Waals surface area contributed by atoms with E-state index in [0.29, 0.717) is 0 Å². The molecule has 2 unspecified atom stereocenters. The van der Waals surface area contributed by atoms with E-state index in [-0.39, 0.29) is 5.41 Å². The number of benzene rings is 1. The highest BCUT2D eigenvalue weighted by molar-refractivity contribution is 5.77. The van der Waals surface area contributed by atoms with Crippen LogP contribution in [0.2, 0.25) is 0 Å². The van der Waals surface area contributed by atoms with Crippen molar-refractivity contribution < 1.29 is 9.90 Å². The fourth-order valence-corrected chi connectivity index (χ4v) is 2.63. The van der Waals surface area contributed by atoms with Gasteiger partial charge in [0.25, 0.3) is 0 Å². The molecule has 1 aromatic rings. The zero-order valence-electron chi connectivity index (χ0n) is 12.6. The van der Waals surface area contributed by atoms with Crippen molar-refractivity contribution in [3.8, 4) is 0 Å². The molecular formula is C19H22O2. The second-order valence-corrected chi connectivity index (χ2v) is 5.60. The zero-order valence-corrected chi connectivity index (χ0v) is 12.6. The van der Waals surface area contributed by atoms with E-state index < -0.39 is 11.9 Å². The molecule has 0 aliphatic heterocycles. The zero-order chi connectivity index (χ0) is 15.3. The average molecular weight is 282 g/mol. The van der Waals surface area contributed by atoms with Gasteiger partial charge in [-0.25, -0.2) is 0 Å². The highest BCUT2D eigenvalue weighted by atomic mass is 16.4. The maximum Gasteiger partial charge on any atom is 0.310 e. The van der Waals surface area contributed by atoms with Gasteiger partial charge in [-0.3, -0.25) is 4.79 Å². The van der Waals surface area contributed by atoms with Gasteiger partial charge in [0.2, 0.25) is 0 Å². The number of rotatable bonds is 5. The van der Waals surface area contributed by atoms with Crippen LogP contribution in [0.3, 0.4) is 0 Å². The number of allylic oxidation sites excluding steroid dienone is 5. The Morgan fingerprint density at radius 1 is 1.38 bits per heavy atom. The van der Waals surface area contributed by atoms with Gasteiger partial charge >= 0.3 is 5.97 Å². The summed E-state index contributed by atoms with van der Waals surface area (Å²) in [5.74, 6) is -1.29. The molecule has 2 atom stereocenters. The van der Waals surface area contributed by atoms with Gasteiger partial charge in [0, 0.05) is 5.41 Å². The predicted octanol–water partition coefficient (Wildman–Crippen LogP) is 4.80. The quantitative estimate of drug-likeness (QED) is 0.842. The van der Waals surface area contributed by atoms with Gasteiger partial charge in [0.05, 0.1) is 5.92 Å². The molecule has 21 heavy (non-hydrogen) atoms. The van der Waals surface area contributed by atoms with Crippen molar-refractivity contribution in [3.63, 3.8) is 0 Å². The summed E-state index contributed by atoms with van der Waals surface area (Å²) in [7, 11) is 0. The first-order chi connectivity index (χ1) is 10.1. The van der Waals surface area contributed by atoms with Crippen molar-refractivity contribution in [2.45, 2.75) is 32.6 Å². The van der Waals surface area contributed by atoms with E-state index in [1.807, 2.05) is 24.3 Å². The van der Waals surface area contributed by atoms with Crippen LogP contribution in [0, 0.1) is 5.41 Å². The van der Waals surface area contributed by atoms with Gasteiger partial charge in [-0.1, -0.05) is 67.6 Å². The van der Waals surface area contributed by atoms with Gasteiger partial charge < -0.3 is 5.11 Å². The summed E-state index contributed by atoms with van der Waals surface area (Å²) in [6.45, 7) is 3.91. The van der Waals surface area contributed by atoms with Gasteiger partial charge in [0.15, 0.2) is 0 Å². The second-order valence-electron chi connectivity index (χ2n) is 5.60. The molecule has 2 heteroatoms. The third-order valence-corrected chi connectivity index (χ3v) is 4.26. The molecular weight excluding hydrogens is 260 g/mol. The van der Waals surface area contributed by atoms with Crippen LogP contribution in [0.4, 0.5) is 0 Å². The molecule has 1 aliphatic carbocycles. The van der Waals surface area contributed by atoms with Crippen molar-refractivity contribution >= 4 is 12.0 Å². The van der Waals surface area contributed by atoms with Crippen LogP contribution < -0.4 is 0 Å². The van der Waals surface area contributed by atoms with Gasteiger partial charge in [-0.15, -0.1) is 0 Å². The first kappa shape index (κ1) is 15.3. The lowest BCUT2D eigenvalue weighted by Gasteiger charge is -2.26. The lowest BCUT2D eigenvalue weighted by molar-refractivity contribution is -0.138. The molecule has 1 aromatic carbocycles. The molecule has 2 rings (SSSR count). The standard InChI is InChI=1S/C19H22O2/c1-3-19(12-7-4-8-13-19)14-11-16-9-5-6-10-17(16)15(2)18(20)21/h4-12,14-15H,3,13H2,1-2H3,(H,20,21). The number of aliphatic carboxylic acids is 1. The number of hydrogen-bond donors (Lipinski definition) is 1. The third-order valence-electron chi connectivity index (χ3n) is 4.26. The lowest BCUT2D eigenvalue weighted by Crippen LogP contribution is -2.14. The summed E-state index contributed by atoms with van der Waals surface area (Å²) in [6, 6.07) is 7.72. The Kier molecular flexibility index (Phi) is 4.79. The largest absolute Gasteiger partial charge is 0.481 e. The van der Waals surface area contributed by atoms with E-state index >= 15 is 0 Å². The number of carbonyl (C=O) groups is 1. The highest BCUT2D eigenvalue weighted by Crippen LogP contribution is 2.34. The molecule has 0 saturated carbocycles. The Hall–Kier alpha value is -2.09. The van der Waals surface area contributed by atoms with Crippen molar-refractivity contribution in [1.82, 2.24) is 0 Å². The molecule has 0 heterocycles. The number of carboxylic acids is 1. The van der Waals surface area contributed by atoms with Crippen molar-refractivity contribution in [3.05, 3.63) is 65.8 Å². The smallest absolute Gasteiger partial charge is 0.310 e. The minimum atomic E-state index is -0.790. The summed E-state index contributed by atoms with van der Waals surface area (Å²) in [5, 5.41) is 9.23. The maximum atomic E-state index is 11.2. The molecule has 1 N–H and O–H groups in total. The Balaban J connectivity index is 2.31. The van der Waals surface area contributed by atoms with Crippen molar-refractivity contribution in [1.29, 1.82) is 0 Å². The normalized spacial score (nSPS) is 22.6. The van der Waals surface area contributed by atoms with Crippen LogP contribution in [-0.2, 0) is 4.79 Å². The molecule has 0 radical (unpaired) electrons. The Labute approximate surface area is 126 Å².